The minimum Gasteiger partial charge on any atom is -0.485 e. The maximum Gasteiger partial charge on any atom is 0.128 e. The number of rotatable bonds is 2. The molecule has 0 N–H and O–H groups in total. The highest BCUT2D eigenvalue weighted by molar-refractivity contribution is 5.84. The molecular formula is C38H30O. The first-order valence-corrected chi connectivity index (χ1v) is 14.5. The zero-order valence-electron chi connectivity index (χ0n) is 21.8. The van der Waals surface area contributed by atoms with Crippen molar-refractivity contribution in [1.82, 2.24) is 0 Å². The number of hydrogen-bond acceptors (Lipinski definition) is 1. The summed E-state index contributed by atoms with van der Waals surface area (Å²) in [5.41, 5.74) is 11.4. The molecule has 6 unspecified atom stereocenters. The average molecular weight is 503 g/mol. The number of allylic oxidation sites excluding steroid dienone is 15. The van der Waals surface area contributed by atoms with Crippen LogP contribution in [-0.4, -0.2) is 6.10 Å². The van der Waals surface area contributed by atoms with E-state index in [4.69, 9.17) is 4.74 Å². The van der Waals surface area contributed by atoms with Gasteiger partial charge in [0.15, 0.2) is 0 Å². The van der Waals surface area contributed by atoms with Crippen LogP contribution in [0.1, 0.15) is 52.0 Å². The van der Waals surface area contributed by atoms with Gasteiger partial charge in [-0.1, -0.05) is 115 Å². The van der Waals surface area contributed by atoms with E-state index in [0.29, 0.717) is 29.6 Å². The molecule has 0 saturated heterocycles. The topological polar surface area (TPSA) is 9.23 Å². The molecule has 39 heavy (non-hydrogen) atoms. The van der Waals surface area contributed by atoms with Gasteiger partial charge in [0.25, 0.3) is 0 Å². The van der Waals surface area contributed by atoms with Gasteiger partial charge in [-0.15, -0.1) is 0 Å². The minimum absolute atomic E-state index is 0.0892. The highest BCUT2D eigenvalue weighted by Gasteiger charge is 2.41. The van der Waals surface area contributed by atoms with E-state index in [0.717, 1.165) is 12.2 Å². The third kappa shape index (κ3) is 3.13. The molecule has 9 rings (SSSR count). The Hall–Kier alpha value is -4.10. The fourth-order valence-corrected chi connectivity index (χ4v) is 8.21. The maximum atomic E-state index is 6.28. The number of hydrogen-bond donors (Lipinski definition) is 0. The van der Waals surface area contributed by atoms with E-state index in [2.05, 4.69) is 128 Å². The van der Waals surface area contributed by atoms with Crippen LogP contribution in [0.3, 0.4) is 0 Å². The third-order valence-corrected chi connectivity index (χ3v) is 9.95. The van der Waals surface area contributed by atoms with Gasteiger partial charge in [0, 0.05) is 23.3 Å². The van der Waals surface area contributed by atoms with Crippen LogP contribution in [0.15, 0.2) is 133 Å². The monoisotopic (exact) mass is 502 g/mol. The van der Waals surface area contributed by atoms with Gasteiger partial charge in [0.05, 0.1) is 5.92 Å². The first-order valence-electron chi connectivity index (χ1n) is 14.5. The first-order chi connectivity index (χ1) is 19.3. The third-order valence-electron chi connectivity index (χ3n) is 9.95. The highest BCUT2D eigenvalue weighted by atomic mass is 16.5. The Kier molecular flexibility index (Phi) is 4.58. The van der Waals surface area contributed by atoms with E-state index in [-0.39, 0.29) is 12.0 Å². The number of para-hydroxylation sites is 1. The van der Waals surface area contributed by atoms with Crippen molar-refractivity contribution in [3.8, 4) is 5.75 Å². The molecule has 2 aromatic rings. The molecule has 0 aromatic heterocycles. The smallest absolute Gasteiger partial charge is 0.128 e. The van der Waals surface area contributed by atoms with E-state index < -0.39 is 0 Å². The van der Waals surface area contributed by atoms with Crippen molar-refractivity contribution in [1.29, 1.82) is 0 Å². The fraction of sp³-hybridized carbons (Fsp3) is 0.211. The second kappa shape index (κ2) is 8.20. The predicted molar refractivity (Wildman–Crippen MR) is 159 cm³/mol. The Morgan fingerprint density at radius 1 is 0.718 bits per heavy atom. The lowest BCUT2D eigenvalue weighted by Gasteiger charge is -2.30. The Morgan fingerprint density at radius 3 is 2.51 bits per heavy atom. The van der Waals surface area contributed by atoms with Crippen molar-refractivity contribution in [3.05, 3.63) is 160 Å². The van der Waals surface area contributed by atoms with Gasteiger partial charge in [-0.3, -0.25) is 0 Å². The van der Waals surface area contributed by atoms with Crippen LogP contribution >= 0.6 is 0 Å². The summed E-state index contributed by atoms with van der Waals surface area (Å²) in [6.07, 6.45) is 36.6. The molecular weight excluding hydrogens is 472 g/mol. The molecule has 7 atom stereocenters. The van der Waals surface area contributed by atoms with Crippen molar-refractivity contribution in [2.75, 3.05) is 0 Å². The summed E-state index contributed by atoms with van der Waals surface area (Å²) in [4.78, 5) is 0. The second-order valence-corrected chi connectivity index (χ2v) is 11.9. The quantitative estimate of drug-likeness (QED) is 0.399. The molecule has 0 saturated carbocycles. The molecule has 0 radical (unpaired) electrons. The molecule has 0 spiro atoms. The van der Waals surface area contributed by atoms with Gasteiger partial charge in [0.2, 0.25) is 0 Å². The normalized spacial score (nSPS) is 33.3. The van der Waals surface area contributed by atoms with Crippen molar-refractivity contribution < 1.29 is 4.74 Å². The van der Waals surface area contributed by atoms with Gasteiger partial charge in [-0.2, -0.15) is 0 Å². The summed E-state index contributed by atoms with van der Waals surface area (Å²) < 4.78 is 6.28. The molecule has 0 fully saturated rings. The fourth-order valence-electron chi connectivity index (χ4n) is 8.21. The van der Waals surface area contributed by atoms with E-state index in [1.54, 1.807) is 11.1 Å². The zero-order valence-corrected chi connectivity index (χ0v) is 21.8. The molecule has 7 aliphatic rings. The molecule has 0 bridgehead atoms. The summed E-state index contributed by atoms with van der Waals surface area (Å²) in [6.45, 7) is 0. The van der Waals surface area contributed by atoms with Gasteiger partial charge in [-0.25, -0.2) is 0 Å². The van der Waals surface area contributed by atoms with E-state index in [1.165, 1.54) is 33.4 Å². The Balaban J connectivity index is 1.04. The predicted octanol–water partition coefficient (Wildman–Crippen LogP) is 8.75. The zero-order chi connectivity index (χ0) is 25.5. The van der Waals surface area contributed by atoms with Gasteiger partial charge < -0.3 is 4.74 Å². The summed E-state index contributed by atoms with van der Waals surface area (Å²) in [5.74, 6) is 3.80. The first kappa shape index (κ1) is 21.8. The van der Waals surface area contributed by atoms with Crippen molar-refractivity contribution in [2.45, 2.75) is 30.3 Å². The van der Waals surface area contributed by atoms with Crippen LogP contribution in [0.25, 0.3) is 11.6 Å². The van der Waals surface area contributed by atoms with Crippen LogP contribution in [0.4, 0.5) is 0 Å². The lowest BCUT2D eigenvalue weighted by atomic mass is 9.74. The van der Waals surface area contributed by atoms with E-state index in [1.807, 2.05) is 0 Å². The molecule has 1 heteroatoms. The average Bonchev–Trinajstić information content (AvgIpc) is 3.54. The second-order valence-electron chi connectivity index (χ2n) is 11.9. The van der Waals surface area contributed by atoms with Crippen molar-refractivity contribution in [2.24, 2.45) is 17.8 Å². The van der Waals surface area contributed by atoms with Crippen LogP contribution in [0.2, 0.25) is 0 Å². The standard InChI is InChI=1S/C38H30O/c1-2-8-30-29(7-1)32-12-5-11-31-27(19-20-33(30)37(31)32)25-17-15-24-22-26(18-16-23(24)21-25)28-10-6-14-36-38(28)34-9-3-4-13-35(34)39-36/h1-11,13-24,29-30,32,36,38H,12H2/t23?,24?,29?,30?,32-,36?,38?/m1/s1. The molecule has 2 aromatic carbocycles. The lowest BCUT2D eigenvalue weighted by Crippen LogP contribution is -2.22. The highest BCUT2D eigenvalue weighted by Crippen LogP contribution is 2.55. The molecule has 6 aliphatic carbocycles. The van der Waals surface area contributed by atoms with Gasteiger partial charge in [-0.05, 0) is 69.4 Å². The SMILES string of the molecule is C1=CC2Oc3ccccc3C2C(C2=CC3C=CC(c4ccc5c6c4C=CC[C@@H]6C4C=CC=CC54)=CC3C=C2)=C1. The van der Waals surface area contributed by atoms with Gasteiger partial charge in [0.1, 0.15) is 11.9 Å². The van der Waals surface area contributed by atoms with E-state index in [9.17, 15) is 0 Å². The summed E-state index contributed by atoms with van der Waals surface area (Å²) in [5, 5.41) is 0. The van der Waals surface area contributed by atoms with E-state index >= 15 is 0 Å². The molecule has 1 heterocycles. The maximum absolute atomic E-state index is 6.28. The molecule has 1 nitrogen and oxygen atoms in total. The lowest BCUT2D eigenvalue weighted by molar-refractivity contribution is 0.265. The van der Waals surface area contributed by atoms with Crippen molar-refractivity contribution in [3.63, 3.8) is 0 Å². The van der Waals surface area contributed by atoms with Gasteiger partial charge >= 0.3 is 0 Å². The summed E-state index contributed by atoms with van der Waals surface area (Å²) in [7, 11) is 0. The molecule has 0 amide bonds. The largest absolute Gasteiger partial charge is 0.485 e. The van der Waals surface area contributed by atoms with Crippen LogP contribution in [0.5, 0.6) is 5.75 Å². The molecule has 188 valence electrons. The minimum atomic E-state index is 0.0892. The Bertz CT molecular complexity index is 1700. The summed E-state index contributed by atoms with van der Waals surface area (Å²) in [6, 6.07) is 13.3. The number of benzene rings is 2. The molecule has 1 aliphatic heterocycles. The Morgan fingerprint density at radius 2 is 1.56 bits per heavy atom. The van der Waals surface area contributed by atoms with Crippen LogP contribution < -0.4 is 4.74 Å². The number of ether oxygens (including phenoxy) is 1. The summed E-state index contributed by atoms with van der Waals surface area (Å²) >= 11 is 0. The number of fused-ring (bicyclic) bond motifs is 7. The van der Waals surface area contributed by atoms with Crippen molar-refractivity contribution >= 4 is 11.6 Å². The Labute approximate surface area is 230 Å². The van der Waals surface area contributed by atoms with Crippen LogP contribution in [0, 0.1) is 17.8 Å². The van der Waals surface area contributed by atoms with Crippen LogP contribution in [-0.2, 0) is 0 Å².